The van der Waals surface area contributed by atoms with Crippen molar-refractivity contribution in [2.45, 2.75) is 32.1 Å². The van der Waals surface area contributed by atoms with Crippen molar-refractivity contribution in [3.63, 3.8) is 0 Å². The summed E-state index contributed by atoms with van der Waals surface area (Å²) in [6.45, 7) is 1.68. The van der Waals surface area contributed by atoms with E-state index in [1.165, 1.54) is 19.3 Å². The number of likely N-dealkylation sites (tertiary alicyclic amines) is 1. The van der Waals surface area contributed by atoms with Gasteiger partial charge in [0.2, 0.25) is 5.91 Å². The number of carbonyl (C=O) groups excluding carboxylic acids is 1. The van der Waals surface area contributed by atoms with Gasteiger partial charge in [-0.1, -0.05) is 43.5 Å². The molecule has 0 saturated carbocycles. The minimum absolute atomic E-state index is 0.0411. The molecule has 0 unspecified atom stereocenters. The van der Waals surface area contributed by atoms with Crippen LogP contribution in [-0.4, -0.2) is 43.7 Å². The summed E-state index contributed by atoms with van der Waals surface area (Å²) >= 11 is 0. The number of benzene rings is 1. The highest BCUT2D eigenvalue weighted by molar-refractivity contribution is 5.94. The van der Waals surface area contributed by atoms with Gasteiger partial charge in [-0.25, -0.2) is 0 Å². The Labute approximate surface area is 146 Å². The molecule has 0 atom stereocenters. The number of carbonyl (C=O) groups is 1. The Morgan fingerprint density at radius 2 is 1.76 bits per heavy atom. The lowest BCUT2D eigenvalue weighted by atomic mass is 10.1. The number of aromatic nitrogens is 4. The van der Waals surface area contributed by atoms with Crippen molar-refractivity contribution in [2.24, 2.45) is 0 Å². The SMILES string of the molecule is O=C(C=Cc1nnc2c3ccccc3cnn12)N1CCCCCCC1. The van der Waals surface area contributed by atoms with E-state index in [9.17, 15) is 4.79 Å². The molecule has 0 aliphatic carbocycles. The molecule has 3 aromatic rings. The van der Waals surface area contributed by atoms with Gasteiger partial charge in [-0.3, -0.25) is 4.79 Å². The van der Waals surface area contributed by atoms with Crippen LogP contribution in [0.4, 0.5) is 0 Å². The molecule has 25 heavy (non-hydrogen) atoms. The highest BCUT2D eigenvalue weighted by Gasteiger charge is 2.13. The second-order valence-corrected chi connectivity index (χ2v) is 6.45. The Bertz CT molecular complexity index is 922. The lowest BCUT2D eigenvalue weighted by Gasteiger charge is -2.23. The Morgan fingerprint density at radius 1 is 1.00 bits per heavy atom. The summed E-state index contributed by atoms with van der Waals surface area (Å²) in [6.07, 6.45) is 11.0. The number of amides is 1. The molecule has 6 heteroatoms. The van der Waals surface area contributed by atoms with E-state index in [1.54, 1.807) is 22.9 Å². The van der Waals surface area contributed by atoms with Crippen molar-refractivity contribution >= 4 is 28.4 Å². The zero-order valence-corrected chi connectivity index (χ0v) is 14.1. The number of nitrogens with zero attached hydrogens (tertiary/aromatic N) is 5. The molecule has 4 rings (SSSR count). The molecule has 0 N–H and O–H groups in total. The van der Waals surface area contributed by atoms with Gasteiger partial charge in [0.25, 0.3) is 0 Å². The highest BCUT2D eigenvalue weighted by Crippen LogP contribution is 2.17. The summed E-state index contributed by atoms with van der Waals surface area (Å²) < 4.78 is 1.68. The van der Waals surface area contributed by atoms with Crippen LogP contribution in [-0.2, 0) is 4.79 Å². The van der Waals surface area contributed by atoms with Gasteiger partial charge in [0.05, 0.1) is 6.20 Å². The van der Waals surface area contributed by atoms with Gasteiger partial charge >= 0.3 is 0 Å². The molecule has 6 nitrogen and oxygen atoms in total. The Hall–Kier alpha value is -2.76. The van der Waals surface area contributed by atoms with Crippen molar-refractivity contribution in [3.8, 4) is 0 Å². The van der Waals surface area contributed by atoms with Crippen molar-refractivity contribution in [3.05, 3.63) is 42.4 Å². The van der Waals surface area contributed by atoms with Crippen LogP contribution in [0, 0.1) is 0 Å². The zero-order valence-electron chi connectivity index (χ0n) is 14.1. The van der Waals surface area contributed by atoms with Crippen LogP contribution >= 0.6 is 0 Å². The molecule has 3 heterocycles. The number of hydrogen-bond donors (Lipinski definition) is 0. The van der Waals surface area contributed by atoms with Crippen LogP contribution in [0.1, 0.15) is 37.9 Å². The van der Waals surface area contributed by atoms with Crippen LogP contribution in [0.15, 0.2) is 36.5 Å². The van der Waals surface area contributed by atoms with Gasteiger partial charge in [0.15, 0.2) is 11.5 Å². The molecule has 1 saturated heterocycles. The van der Waals surface area contributed by atoms with Gasteiger partial charge in [0, 0.05) is 29.9 Å². The van der Waals surface area contributed by atoms with Crippen LogP contribution in [0.2, 0.25) is 0 Å². The van der Waals surface area contributed by atoms with E-state index in [0.717, 1.165) is 36.7 Å². The second-order valence-electron chi connectivity index (χ2n) is 6.45. The van der Waals surface area contributed by atoms with Crippen LogP contribution in [0.5, 0.6) is 0 Å². The van der Waals surface area contributed by atoms with E-state index in [4.69, 9.17) is 0 Å². The molecule has 1 amide bonds. The van der Waals surface area contributed by atoms with Crippen LogP contribution in [0.25, 0.3) is 22.5 Å². The van der Waals surface area contributed by atoms with Gasteiger partial charge in [0.1, 0.15) is 0 Å². The average Bonchev–Trinajstić information content (AvgIpc) is 3.03. The van der Waals surface area contributed by atoms with Gasteiger partial charge < -0.3 is 4.90 Å². The summed E-state index contributed by atoms with van der Waals surface area (Å²) in [4.78, 5) is 14.4. The molecule has 0 radical (unpaired) electrons. The second kappa shape index (κ2) is 7.01. The van der Waals surface area contributed by atoms with E-state index < -0.39 is 0 Å². The van der Waals surface area contributed by atoms with Crippen LogP contribution in [0.3, 0.4) is 0 Å². The first-order chi connectivity index (χ1) is 12.3. The van der Waals surface area contributed by atoms with Crippen LogP contribution < -0.4 is 0 Å². The van der Waals surface area contributed by atoms with E-state index in [-0.39, 0.29) is 5.91 Å². The Kier molecular flexibility index (Phi) is 4.41. The number of fused-ring (bicyclic) bond motifs is 3. The predicted molar refractivity (Wildman–Crippen MR) is 97.0 cm³/mol. The highest BCUT2D eigenvalue weighted by atomic mass is 16.2. The maximum absolute atomic E-state index is 12.5. The third-order valence-corrected chi connectivity index (χ3v) is 4.72. The minimum atomic E-state index is 0.0411. The molecular weight excluding hydrogens is 314 g/mol. The molecule has 0 spiro atoms. The minimum Gasteiger partial charge on any atom is -0.339 e. The average molecular weight is 335 g/mol. The van der Waals surface area contributed by atoms with Crippen molar-refractivity contribution < 1.29 is 4.79 Å². The third kappa shape index (κ3) is 3.24. The van der Waals surface area contributed by atoms with E-state index in [0.29, 0.717) is 11.5 Å². The van der Waals surface area contributed by atoms with E-state index in [2.05, 4.69) is 15.3 Å². The van der Waals surface area contributed by atoms with Gasteiger partial charge in [-0.2, -0.15) is 9.61 Å². The molecule has 1 aliphatic heterocycles. The standard InChI is InChI=1S/C19H21N5O/c25-18(23-12-6-2-1-3-7-13-23)11-10-17-21-22-19-16-9-5-4-8-15(16)14-20-24(17)19/h4-5,8-11,14H,1-3,6-7,12-13H2. The summed E-state index contributed by atoms with van der Waals surface area (Å²) in [5.74, 6) is 0.612. The van der Waals surface area contributed by atoms with Gasteiger partial charge in [-0.15, -0.1) is 10.2 Å². The smallest absolute Gasteiger partial charge is 0.246 e. The fourth-order valence-electron chi connectivity index (χ4n) is 3.33. The summed E-state index contributed by atoms with van der Waals surface area (Å²) in [6, 6.07) is 7.94. The third-order valence-electron chi connectivity index (χ3n) is 4.72. The fraction of sp³-hybridized carbons (Fsp3) is 0.368. The Morgan fingerprint density at radius 3 is 2.60 bits per heavy atom. The predicted octanol–water partition coefficient (Wildman–Crippen LogP) is 3.08. The topological polar surface area (TPSA) is 63.4 Å². The maximum Gasteiger partial charge on any atom is 0.246 e. The van der Waals surface area contributed by atoms with Crippen molar-refractivity contribution in [2.75, 3.05) is 13.1 Å². The quantitative estimate of drug-likeness (QED) is 0.675. The van der Waals surface area contributed by atoms with E-state index >= 15 is 0 Å². The maximum atomic E-state index is 12.5. The molecule has 128 valence electrons. The van der Waals surface area contributed by atoms with Gasteiger partial charge in [-0.05, 0) is 18.9 Å². The molecule has 1 fully saturated rings. The first-order valence-electron chi connectivity index (χ1n) is 8.89. The van der Waals surface area contributed by atoms with E-state index in [1.807, 2.05) is 29.2 Å². The number of rotatable bonds is 2. The largest absolute Gasteiger partial charge is 0.339 e. The summed E-state index contributed by atoms with van der Waals surface area (Å²) in [5.41, 5.74) is 0.705. The molecule has 0 bridgehead atoms. The molecule has 2 aromatic heterocycles. The summed E-state index contributed by atoms with van der Waals surface area (Å²) in [5, 5.41) is 14.9. The lowest BCUT2D eigenvalue weighted by molar-refractivity contribution is -0.126. The summed E-state index contributed by atoms with van der Waals surface area (Å²) in [7, 11) is 0. The normalized spacial score (nSPS) is 16.4. The molecule has 1 aromatic carbocycles. The molecule has 1 aliphatic rings. The number of hydrogen-bond acceptors (Lipinski definition) is 4. The Balaban J connectivity index is 1.58. The molecular formula is C19H21N5O. The van der Waals surface area contributed by atoms with Crippen molar-refractivity contribution in [1.82, 2.24) is 24.7 Å². The zero-order chi connectivity index (χ0) is 17.1. The monoisotopic (exact) mass is 335 g/mol. The first-order valence-corrected chi connectivity index (χ1v) is 8.89. The lowest BCUT2D eigenvalue weighted by Crippen LogP contribution is -2.32. The first kappa shape index (κ1) is 15.7. The fourth-order valence-corrected chi connectivity index (χ4v) is 3.33. The van der Waals surface area contributed by atoms with Crippen molar-refractivity contribution in [1.29, 1.82) is 0 Å².